The van der Waals surface area contributed by atoms with Gasteiger partial charge in [-0.1, -0.05) is 31.5 Å². The van der Waals surface area contributed by atoms with E-state index in [1.54, 1.807) is 19.2 Å². The molecule has 2 aromatic rings. The van der Waals surface area contributed by atoms with E-state index in [-0.39, 0.29) is 17.7 Å². The predicted octanol–water partition coefficient (Wildman–Crippen LogP) is 3.32. The molecule has 6 nitrogen and oxygen atoms in total. The van der Waals surface area contributed by atoms with Crippen molar-refractivity contribution in [1.82, 2.24) is 10.2 Å². The lowest BCUT2D eigenvalue weighted by Gasteiger charge is -2.30. The van der Waals surface area contributed by atoms with Gasteiger partial charge in [0.2, 0.25) is 0 Å². The molecule has 0 saturated heterocycles. The largest absolute Gasteiger partial charge is 0.506 e. The van der Waals surface area contributed by atoms with Gasteiger partial charge in [-0.2, -0.15) is 5.10 Å². The van der Waals surface area contributed by atoms with Gasteiger partial charge in [0.1, 0.15) is 5.75 Å². The molecule has 0 bridgehead atoms. The van der Waals surface area contributed by atoms with Crippen LogP contribution in [0.1, 0.15) is 31.1 Å². The van der Waals surface area contributed by atoms with Crippen molar-refractivity contribution in [3.05, 3.63) is 68.9 Å². The van der Waals surface area contributed by atoms with E-state index < -0.39 is 0 Å². The number of ether oxygens (including phenoxy) is 2. The van der Waals surface area contributed by atoms with Crippen LogP contribution in [-0.4, -0.2) is 29.0 Å². The van der Waals surface area contributed by atoms with E-state index in [0.717, 1.165) is 27.5 Å². The molecule has 2 unspecified atom stereocenters. The summed E-state index contributed by atoms with van der Waals surface area (Å²) in [5.41, 5.74) is 3.60. The van der Waals surface area contributed by atoms with Crippen LogP contribution in [0.5, 0.6) is 5.75 Å². The fraction of sp³-hybridized carbons (Fsp3) is 0.364. The summed E-state index contributed by atoms with van der Waals surface area (Å²) in [5, 5.41) is 18.5. The van der Waals surface area contributed by atoms with Gasteiger partial charge in [-0.3, -0.25) is 10.1 Å². The maximum absolute atomic E-state index is 9.81. The van der Waals surface area contributed by atoms with Crippen molar-refractivity contribution in [2.45, 2.75) is 26.8 Å². The summed E-state index contributed by atoms with van der Waals surface area (Å²) in [6.45, 7) is 6.78. The van der Waals surface area contributed by atoms with Crippen molar-refractivity contribution in [1.29, 1.82) is 0 Å². The standard InChI is InChI=1S/C22H24ClN3O3/c1-11(2)10-29-19-8-14-15(9-18(19)28-4)21(13-5-6-17(27)16(23)7-13)24-22-20(14)12(3)25-26-22/h5-9,11,15,21,27H,10H2,1-4H3,(H,24,26). The Morgan fingerprint density at radius 1 is 1.28 bits per heavy atom. The minimum Gasteiger partial charge on any atom is -0.506 e. The van der Waals surface area contributed by atoms with Crippen molar-refractivity contribution < 1.29 is 14.6 Å². The fourth-order valence-corrected chi connectivity index (χ4v) is 3.94. The zero-order chi connectivity index (χ0) is 20.7. The smallest absolute Gasteiger partial charge is 0.161 e. The minimum absolute atomic E-state index is 0.0505. The molecule has 2 heterocycles. The second kappa shape index (κ2) is 7.59. The van der Waals surface area contributed by atoms with Crippen molar-refractivity contribution in [2.24, 2.45) is 16.8 Å². The summed E-state index contributed by atoms with van der Waals surface area (Å²) < 4.78 is 11.7. The van der Waals surface area contributed by atoms with Crippen LogP contribution in [0.15, 0.2) is 46.9 Å². The molecule has 29 heavy (non-hydrogen) atoms. The Bertz CT molecular complexity index is 1130. The van der Waals surface area contributed by atoms with Gasteiger partial charge < -0.3 is 14.6 Å². The Morgan fingerprint density at radius 3 is 2.76 bits per heavy atom. The number of fused-ring (bicyclic) bond motifs is 2. The average molecular weight is 414 g/mol. The summed E-state index contributed by atoms with van der Waals surface area (Å²) in [6.07, 6.45) is 4.09. The molecule has 1 aromatic carbocycles. The molecule has 0 radical (unpaired) electrons. The van der Waals surface area contributed by atoms with Gasteiger partial charge in [-0.15, -0.1) is 0 Å². The lowest BCUT2D eigenvalue weighted by Crippen LogP contribution is -2.37. The van der Waals surface area contributed by atoms with Gasteiger partial charge in [0.25, 0.3) is 0 Å². The van der Waals surface area contributed by atoms with Gasteiger partial charge >= 0.3 is 0 Å². The van der Waals surface area contributed by atoms with Gasteiger partial charge in [-0.25, -0.2) is 0 Å². The van der Waals surface area contributed by atoms with Crippen molar-refractivity contribution >= 4 is 17.2 Å². The van der Waals surface area contributed by atoms with Crippen LogP contribution in [0.2, 0.25) is 5.02 Å². The molecular weight excluding hydrogens is 390 g/mol. The third-order valence-electron chi connectivity index (χ3n) is 5.15. The third kappa shape index (κ3) is 3.53. The topological polar surface area (TPSA) is 79.7 Å². The molecule has 2 aliphatic rings. The molecule has 4 rings (SSSR count). The average Bonchev–Trinajstić information content (AvgIpc) is 3.08. The molecule has 0 fully saturated rings. The lowest BCUT2D eigenvalue weighted by molar-refractivity contribution is 0.151. The van der Waals surface area contributed by atoms with Crippen molar-refractivity contribution in [2.75, 3.05) is 13.7 Å². The number of phenols is 1. The van der Waals surface area contributed by atoms with E-state index in [4.69, 9.17) is 26.1 Å². The number of aromatic amines is 1. The Morgan fingerprint density at radius 2 is 2.07 bits per heavy atom. The number of aryl methyl sites for hydroxylation is 1. The van der Waals surface area contributed by atoms with Crippen LogP contribution >= 0.6 is 11.6 Å². The number of aromatic hydroxyl groups is 1. The van der Waals surface area contributed by atoms with Crippen LogP contribution in [-0.2, 0) is 9.47 Å². The number of nitrogens with zero attached hydrogens (tertiary/aromatic N) is 2. The number of nitrogens with one attached hydrogen (secondary N) is 1. The van der Waals surface area contributed by atoms with Crippen LogP contribution < -0.4 is 10.7 Å². The summed E-state index contributed by atoms with van der Waals surface area (Å²) in [5.74, 6) is 1.78. The molecule has 1 aromatic heterocycles. The number of halogens is 1. The predicted molar refractivity (Wildman–Crippen MR) is 111 cm³/mol. The first-order chi connectivity index (χ1) is 13.9. The molecule has 0 saturated carbocycles. The van der Waals surface area contributed by atoms with Crippen LogP contribution in [0.25, 0.3) is 5.57 Å². The maximum atomic E-state index is 9.81. The first-order valence-electron chi connectivity index (χ1n) is 9.61. The SMILES string of the molecule is COC1=CC2C(=c3c(C)n[nH]c3=NC2c2ccc(O)c(Cl)c2)C=C1OCC(C)C. The molecular formula is C22H24ClN3O3. The van der Waals surface area contributed by atoms with Crippen molar-refractivity contribution in [3.8, 4) is 5.75 Å². The highest BCUT2D eigenvalue weighted by Crippen LogP contribution is 2.41. The maximum Gasteiger partial charge on any atom is 0.161 e. The first-order valence-corrected chi connectivity index (χ1v) is 9.99. The number of rotatable bonds is 5. The van der Waals surface area contributed by atoms with E-state index in [2.05, 4.69) is 30.1 Å². The molecule has 1 aliphatic heterocycles. The molecule has 2 N–H and O–H groups in total. The zero-order valence-electron chi connectivity index (χ0n) is 16.9. The Labute approximate surface area is 174 Å². The van der Waals surface area contributed by atoms with Gasteiger partial charge in [0.05, 0.1) is 30.5 Å². The molecule has 1 aliphatic carbocycles. The number of benzene rings is 1. The molecule has 0 amide bonds. The number of H-pyrrole nitrogens is 1. The van der Waals surface area contributed by atoms with E-state index in [1.807, 2.05) is 19.1 Å². The van der Waals surface area contributed by atoms with E-state index >= 15 is 0 Å². The van der Waals surface area contributed by atoms with Crippen LogP contribution in [0.4, 0.5) is 0 Å². The van der Waals surface area contributed by atoms with Gasteiger partial charge in [-0.05, 0) is 48.3 Å². The van der Waals surface area contributed by atoms with E-state index in [1.165, 1.54) is 0 Å². The van der Waals surface area contributed by atoms with Crippen LogP contribution in [0, 0.1) is 18.8 Å². The Balaban J connectivity index is 1.88. The highest BCUT2D eigenvalue weighted by molar-refractivity contribution is 6.32. The monoisotopic (exact) mass is 413 g/mol. The van der Waals surface area contributed by atoms with Gasteiger partial charge in [0, 0.05) is 11.1 Å². The molecule has 0 spiro atoms. The number of phenolic OH excluding ortho intramolecular Hbond substituents is 1. The summed E-state index contributed by atoms with van der Waals surface area (Å²) in [7, 11) is 1.64. The van der Waals surface area contributed by atoms with Gasteiger partial charge in [0.15, 0.2) is 17.0 Å². The number of aromatic nitrogens is 2. The Hall–Kier alpha value is -2.73. The van der Waals surface area contributed by atoms with Crippen LogP contribution in [0.3, 0.4) is 0 Å². The highest BCUT2D eigenvalue weighted by atomic mass is 35.5. The molecule has 7 heteroatoms. The quantitative estimate of drug-likeness (QED) is 0.788. The fourth-order valence-electron chi connectivity index (χ4n) is 3.75. The second-order valence-electron chi connectivity index (χ2n) is 7.75. The van der Waals surface area contributed by atoms with E-state index in [0.29, 0.717) is 29.1 Å². The summed E-state index contributed by atoms with van der Waals surface area (Å²) in [4.78, 5) is 4.91. The molecule has 152 valence electrons. The van der Waals surface area contributed by atoms with Crippen molar-refractivity contribution in [3.63, 3.8) is 0 Å². The lowest BCUT2D eigenvalue weighted by atomic mass is 9.81. The number of methoxy groups -OCH3 is 1. The summed E-state index contributed by atoms with van der Waals surface area (Å²) in [6, 6.07) is 4.96. The van der Waals surface area contributed by atoms with E-state index in [9.17, 15) is 5.11 Å². The first kappa shape index (κ1) is 19.6. The third-order valence-corrected chi connectivity index (χ3v) is 5.45. The zero-order valence-corrected chi connectivity index (χ0v) is 17.6. The number of hydrogen-bond acceptors (Lipinski definition) is 5. The highest BCUT2D eigenvalue weighted by Gasteiger charge is 2.33. The second-order valence-corrected chi connectivity index (χ2v) is 8.15. The number of hydrogen-bond donors (Lipinski definition) is 2. The number of allylic oxidation sites excluding steroid dienone is 1. The molecule has 2 atom stereocenters. The minimum atomic E-state index is -0.233. The Kier molecular flexibility index (Phi) is 5.13. The normalized spacial score (nSPS) is 20.4. The summed E-state index contributed by atoms with van der Waals surface area (Å²) >= 11 is 6.17.